The van der Waals surface area contributed by atoms with Gasteiger partial charge >= 0.3 is 6.18 Å². The fraction of sp³-hybridized carbons (Fsp3) is 0.316. The molecule has 9 heteroatoms. The average molecular weight is 406 g/mol. The van der Waals surface area contributed by atoms with E-state index >= 15 is 0 Å². The Labute approximate surface area is 163 Å². The van der Waals surface area contributed by atoms with Gasteiger partial charge in [0.15, 0.2) is 0 Å². The Bertz CT molecular complexity index is 1020. The summed E-state index contributed by atoms with van der Waals surface area (Å²) in [6.45, 7) is 0. The van der Waals surface area contributed by atoms with Crippen molar-refractivity contribution >= 4 is 23.1 Å². The lowest BCUT2D eigenvalue weighted by Gasteiger charge is -2.07. The minimum absolute atomic E-state index is 0.0943. The minimum atomic E-state index is -4.36. The molecule has 1 aromatic carbocycles. The number of aryl methyl sites for hydroxylation is 2. The number of amides is 1. The molecule has 28 heavy (non-hydrogen) atoms. The van der Waals surface area contributed by atoms with E-state index in [1.54, 1.807) is 17.1 Å². The van der Waals surface area contributed by atoms with Crippen molar-refractivity contribution in [3.63, 3.8) is 0 Å². The molecule has 2 aromatic heterocycles. The topological polar surface area (TPSA) is 59.8 Å². The van der Waals surface area contributed by atoms with Gasteiger partial charge in [-0.1, -0.05) is 12.1 Å². The molecule has 0 bridgehead atoms. The van der Waals surface area contributed by atoms with Crippen molar-refractivity contribution in [3.8, 4) is 10.6 Å². The molecule has 0 aliphatic heterocycles. The number of nitrogens with one attached hydrogen (secondary N) is 1. The summed E-state index contributed by atoms with van der Waals surface area (Å²) in [6.07, 6.45) is -1.38. The zero-order chi connectivity index (χ0) is 19.9. The van der Waals surface area contributed by atoms with Crippen molar-refractivity contribution in [2.75, 3.05) is 5.32 Å². The first-order chi connectivity index (χ1) is 13.3. The Kier molecular flexibility index (Phi) is 4.70. The molecule has 146 valence electrons. The van der Waals surface area contributed by atoms with Crippen LogP contribution < -0.4 is 5.32 Å². The van der Waals surface area contributed by atoms with Crippen LogP contribution in [0.1, 0.15) is 28.9 Å². The molecule has 1 aliphatic carbocycles. The first kappa shape index (κ1) is 18.7. The quantitative estimate of drug-likeness (QED) is 0.705. The van der Waals surface area contributed by atoms with Crippen LogP contribution in [0.25, 0.3) is 10.6 Å². The SMILES string of the molecule is Cn1nc2c(c1NC(=O)Cc1csc(-c3ccc(C(F)(F)F)cc3)n1)CCC2. The number of halogens is 3. The second kappa shape index (κ2) is 7.05. The molecule has 5 nitrogen and oxygen atoms in total. The number of thiazole rings is 1. The van der Waals surface area contributed by atoms with Crippen LogP contribution in [0.2, 0.25) is 0 Å². The summed E-state index contributed by atoms with van der Waals surface area (Å²) in [4.78, 5) is 16.8. The van der Waals surface area contributed by atoms with Gasteiger partial charge in [0.2, 0.25) is 5.91 Å². The van der Waals surface area contributed by atoms with Crippen LogP contribution in [0.4, 0.5) is 19.0 Å². The number of carbonyl (C=O) groups is 1. The van der Waals surface area contributed by atoms with Crippen molar-refractivity contribution in [2.24, 2.45) is 7.05 Å². The van der Waals surface area contributed by atoms with E-state index < -0.39 is 11.7 Å². The highest BCUT2D eigenvalue weighted by Crippen LogP contribution is 2.32. The van der Waals surface area contributed by atoms with E-state index in [0.717, 1.165) is 48.5 Å². The maximum absolute atomic E-state index is 12.7. The monoisotopic (exact) mass is 406 g/mol. The van der Waals surface area contributed by atoms with Crippen LogP contribution in [0.5, 0.6) is 0 Å². The fourth-order valence-corrected chi connectivity index (χ4v) is 4.17. The normalized spacial score (nSPS) is 13.6. The smallest absolute Gasteiger partial charge is 0.310 e. The Hall–Kier alpha value is -2.68. The number of rotatable bonds is 4. The van der Waals surface area contributed by atoms with Crippen molar-refractivity contribution in [1.82, 2.24) is 14.8 Å². The van der Waals surface area contributed by atoms with Crippen molar-refractivity contribution in [1.29, 1.82) is 0 Å². The summed E-state index contributed by atoms with van der Waals surface area (Å²) in [5, 5.41) is 9.67. The highest BCUT2D eigenvalue weighted by molar-refractivity contribution is 7.13. The Morgan fingerprint density at radius 1 is 1.25 bits per heavy atom. The van der Waals surface area contributed by atoms with Gasteiger partial charge in [0, 0.05) is 23.6 Å². The molecule has 4 rings (SSSR count). The number of alkyl halides is 3. The van der Waals surface area contributed by atoms with Crippen LogP contribution in [0.3, 0.4) is 0 Å². The predicted molar refractivity (Wildman–Crippen MR) is 100 cm³/mol. The van der Waals surface area contributed by atoms with Crippen LogP contribution in [0.15, 0.2) is 29.6 Å². The summed E-state index contributed by atoms with van der Waals surface area (Å²) in [5.41, 5.74) is 2.61. The van der Waals surface area contributed by atoms with E-state index in [2.05, 4.69) is 15.4 Å². The molecule has 1 aliphatic rings. The highest BCUT2D eigenvalue weighted by atomic mass is 32.1. The number of hydrogen-bond acceptors (Lipinski definition) is 4. The van der Waals surface area contributed by atoms with Crippen LogP contribution >= 0.6 is 11.3 Å². The van der Waals surface area contributed by atoms with E-state index in [-0.39, 0.29) is 12.3 Å². The summed E-state index contributed by atoms with van der Waals surface area (Å²) in [7, 11) is 1.81. The molecular weight excluding hydrogens is 389 g/mol. The number of nitrogens with zero attached hydrogens (tertiary/aromatic N) is 3. The lowest BCUT2D eigenvalue weighted by Crippen LogP contribution is -2.17. The summed E-state index contributed by atoms with van der Waals surface area (Å²) in [6, 6.07) is 4.85. The molecular formula is C19H17F3N4OS. The predicted octanol–water partition coefficient (Wildman–Crippen LogP) is 4.23. The van der Waals surface area contributed by atoms with Gasteiger partial charge in [-0.05, 0) is 31.4 Å². The molecule has 1 amide bonds. The van der Waals surface area contributed by atoms with Crippen molar-refractivity contribution in [2.45, 2.75) is 31.9 Å². The van der Waals surface area contributed by atoms with Gasteiger partial charge in [-0.25, -0.2) is 4.98 Å². The largest absolute Gasteiger partial charge is 0.416 e. The number of fused-ring (bicyclic) bond motifs is 1. The second-order valence-electron chi connectivity index (χ2n) is 6.70. The van der Waals surface area contributed by atoms with Crippen molar-refractivity contribution in [3.05, 3.63) is 52.2 Å². The summed E-state index contributed by atoms with van der Waals surface area (Å²) < 4.78 is 39.7. The van der Waals surface area contributed by atoms with Gasteiger partial charge in [-0.2, -0.15) is 18.3 Å². The molecule has 0 spiro atoms. The van der Waals surface area contributed by atoms with Gasteiger partial charge in [-0.15, -0.1) is 11.3 Å². The van der Waals surface area contributed by atoms with E-state index in [1.165, 1.54) is 23.5 Å². The van der Waals surface area contributed by atoms with Crippen LogP contribution in [-0.4, -0.2) is 20.7 Å². The summed E-state index contributed by atoms with van der Waals surface area (Å²) in [5.74, 6) is 0.540. The van der Waals surface area contributed by atoms with Gasteiger partial charge < -0.3 is 5.32 Å². The molecule has 0 saturated carbocycles. The first-order valence-electron chi connectivity index (χ1n) is 8.78. The number of aromatic nitrogens is 3. The second-order valence-corrected chi connectivity index (χ2v) is 7.55. The molecule has 0 unspecified atom stereocenters. The lowest BCUT2D eigenvalue weighted by atomic mass is 10.1. The number of hydrogen-bond donors (Lipinski definition) is 1. The summed E-state index contributed by atoms with van der Waals surface area (Å²) >= 11 is 1.30. The van der Waals surface area contributed by atoms with Crippen molar-refractivity contribution < 1.29 is 18.0 Å². The van der Waals surface area contributed by atoms with Gasteiger partial charge in [0.1, 0.15) is 10.8 Å². The third-order valence-electron chi connectivity index (χ3n) is 4.68. The number of anilines is 1. The van der Waals surface area contributed by atoms with E-state index in [4.69, 9.17) is 0 Å². The van der Waals surface area contributed by atoms with Gasteiger partial charge in [0.25, 0.3) is 0 Å². The molecule has 0 saturated heterocycles. The molecule has 0 fully saturated rings. The molecule has 1 N–H and O–H groups in total. The molecule has 0 radical (unpaired) electrons. The maximum Gasteiger partial charge on any atom is 0.416 e. The minimum Gasteiger partial charge on any atom is -0.310 e. The van der Waals surface area contributed by atoms with Gasteiger partial charge in [0.05, 0.1) is 23.4 Å². The van der Waals surface area contributed by atoms with E-state index in [9.17, 15) is 18.0 Å². The highest BCUT2D eigenvalue weighted by Gasteiger charge is 2.30. The third kappa shape index (κ3) is 3.66. The number of carbonyl (C=O) groups excluding carboxylic acids is 1. The molecule has 0 atom stereocenters. The average Bonchev–Trinajstić information content (AvgIpc) is 3.33. The molecule has 2 heterocycles. The Morgan fingerprint density at radius 2 is 2.00 bits per heavy atom. The zero-order valence-corrected chi connectivity index (χ0v) is 15.8. The number of benzene rings is 1. The first-order valence-corrected chi connectivity index (χ1v) is 9.66. The lowest BCUT2D eigenvalue weighted by molar-refractivity contribution is -0.137. The zero-order valence-electron chi connectivity index (χ0n) is 15.0. The Morgan fingerprint density at radius 3 is 2.71 bits per heavy atom. The molecule has 3 aromatic rings. The van der Waals surface area contributed by atoms with Crippen LogP contribution in [0, 0.1) is 0 Å². The van der Waals surface area contributed by atoms with E-state index in [0.29, 0.717) is 16.3 Å². The van der Waals surface area contributed by atoms with Crippen LogP contribution in [-0.2, 0) is 37.3 Å². The van der Waals surface area contributed by atoms with Gasteiger partial charge in [-0.3, -0.25) is 9.48 Å². The fourth-order valence-electron chi connectivity index (χ4n) is 3.34. The maximum atomic E-state index is 12.7. The standard InChI is InChI=1S/C19H17F3N4OS/c1-26-17(14-3-2-4-15(14)25-26)24-16(27)9-13-10-28-18(23-13)11-5-7-12(8-6-11)19(20,21)22/h5-8,10H,2-4,9H2,1H3,(H,24,27). The van der Waals surface area contributed by atoms with E-state index in [1.807, 2.05) is 0 Å². The Balaban J connectivity index is 1.44. The third-order valence-corrected chi connectivity index (χ3v) is 5.62.